The fraction of sp³-hybridized carbons (Fsp3) is 0.0909. The summed E-state index contributed by atoms with van der Waals surface area (Å²) >= 11 is 0. The van der Waals surface area contributed by atoms with E-state index in [1.54, 1.807) is 0 Å². The van der Waals surface area contributed by atoms with Crippen LogP contribution in [0.25, 0.3) is 132 Å². The maximum atomic E-state index is 2.45. The highest BCUT2D eigenvalue weighted by Crippen LogP contribution is 2.51. The summed E-state index contributed by atoms with van der Waals surface area (Å²) in [6.07, 6.45) is 0. The maximum Gasteiger partial charge on any atom is 0.0159 e. The first-order valence-corrected chi connectivity index (χ1v) is 27.2. The van der Waals surface area contributed by atoms with E-state index >= 15 is 0 Å². The summed E-state index contributed by atoms with van der Waals surface area (Å²) in [4.78, 5) is 0. The Balaban J connectivity index is 0.961. The van der Waals surface area contributed by atoms with Crippen molar-refractivity contribution in [1.82, 2.24) is 0 Å². The van der Waals surface area contributed by atoms with Crippen molar-refractivity contribution in [3.63, 3.8) is 0 Å². The van der Waals surface area contributed by atoms with Gasteiger partial charge in [-0.15, -0.1) is 0 Å². The molecule has 0 unspecified atom stereocenters. The molecule has 77 heavy (non-hydrogen) atoms. The monoisotopic (exact) mass is 982 g/mol. The SMILES string of the molecule is CC(C)(C)c1cccc(-c2cc(-c3ccc(-c4ccc5c(c4)C(C)(C)c4ccccc4-5)cc3)c(-c3ccccc3)c(-c3cccc(-c4c5ccccc5c(-c5ccc6ccc7ccccc7c6c5)c5ccccc45)c3)c2)c1. The van der Waals surface area contributed by atoms with Crippen molar-refractivity contribution < 1.29 is 0 Å². The van der Waals surface area contributed by atoms with Gasteiger partial charge in [0.2, 0.25) is 0 Å². The Morgan fingerprint density at radius 1 is 0.247 bits per heavy atom. The summed E-state index contributed by atoms with van der Waals surface area (Å²) < 4.78 is 0. The molecule has 0 heterocycles. The van der Waals surface area contributed by atoms with Gasteiger partial charge >= 0.3 is 0 Å². The zero-order chi connectivity index (χ0) is 52.0. The fourth-order valence-electron chi connectivity index (χ4n) is 12.8. The summed E-state index contributed by atoms with van der Waals surface area (Å²) in [5, 5.41) is 10.0. The van der Waals surface area contributed by atoms with E-state index in [4.69, 9.17) is 0 Å². The molecule has 366 valence electrons. The van der Waals surface area contributed by atoms with Gasteiger partial charge < -0.3 is 0 Å². The third-order valence-electron chi connectivity index (χ3n) is 16.8. The highest BCUT2D eigenvalue weighted by Gasteiger charge is 2.35. The van der Waals surface area contributed by atoms with Gasteiger partial charge in [-0.3, -0.25) is 0 Å². The zero-order valence-electron chi connectivity index (χ0n) is 44.3. The second-order valence-electron chi connectivity index (χ2n) is 22.8. The van der Waals surface area contributed by atoms with E-state index in [0.29, 0.717) is 0 Å². The van der Waals surface area contributed by atoms with Gasteiger partial charge in [0, 0.05) is 5.41 Å². The van der Waals surface area contributed by atoms with E-state index in [2.05, 4.69) is 295 Å². The quantitative estimate of drug-likeness (QED) is 0.110. The van der Waals surface area contributed by atoms with Gasteiger partial charge in [0.05, 0.1) is 0 Å². The van der Waals surface area contributed by atoms with Gasteiger partial charge in [0.25, 0.3) is 0 Å². The van der Waals surface area contributed by atoms with Crippen molar-refractivity contribution in [2.75, 3.05) is 0 Å². The molecule has 0 aliphatic heterocycles. The highest BCUT2D eigenvalue weighted by atomic mass is 14.4. The zero-order valence-corrected chi connectivity index (χ0v) is 44.3. The molecule has 1 aliphatic rings. The third kappa shape index (κ3) is 7.81. The molecule has 14 rings (SSSR count). The molecule has 0 N–H and O–H groups in total. The molecule has 0 amide bonds. The Labute approximate surface area is 452 Å². The van der Waals surface area contributed by atoms with Crippen molar-refractivity contribution in [3.05, 3.63) is 278 Å². The van der Waals surface area contributed by atoms with Crippen LogP contribution in [-0.4, -0.2) is 0 Å². The van der Waals surface area contributed by atoms with Crippen LogP contribution in [0.5, 0.6) is 0 Å². The first-order valence-electron chi connectivity index (χ1n) is 27.2. The number of hydrogen-bond acceptors (Lipinski definition) is 0. The van der Waals surface area contributed by atoms with Crippen LogP contribution in [-0.2, 0) is 10.8 Å². The van der Waals surface area contributed by atoms with E-state index < -0.39 is 0 Å². The molecule has 0 spiro atoms. The molecule has 0 radical (unpaired) electrons. The number of hydrogen-bond donors (Lipinski definition) is 0. The number of rotatable bonds is 7. The molecule has 0 aromatic heterocycles. The minimum absolute atomic E-state index is 0.00482. The van der Waals surface area contributed by atoms with Gasteiger partial charge in [-0.1, -0.05) is 265 Å². The Morgan fingerprint density at radius 3 is 1.43 bits per heavy atom. The van der Waals surface area contributed by atoms with Crippen molar-refractivity contribution in [2.24, 2.45) is 0 Å². The van der Waals surface area contributed by atoms with E-state index in [9.17, 15) is 0 Å². The summed E-state index contributed by atoms with van der Waals surface area (Å²) in [5.74, 6) is 0. The van der Waals surface area contributed by atoms with Crippen LogP contribution in [0.2, 0.25) is 0 Å². The van der Waals surface area contributed by atoms with Crippen LogP contribution in [0.3, 0.4) is 0 Å². The Kier molecular flexibility index (Phi) is 10.9. The van der Waals surface area contributed by atoms with Crippen molar-refractivity contribution in [1.29, 1.82) is 0 Å². The predicted octanol–water partition coefficient (Wildman–Crippen LogP) is 21.6. The molecule has 0 bridgehead atoms. The van der Waals surface area contributed by atoms with Gasteiger partial charge in [0.15, 0.2) is 0 Å². The minimum atomic E-state index is -0.0670. The second kappa shape index (κ2) is 18.0. The Hall–Kier alpha value is -9.10. The lowest BCUT2D eigenvalue weighted by molar-refractivity contribution is 0.590. The average molecular weight is 983 g/mol. The summed E-state index contributed by atoms with van der Waals surface area (Å²) in [5.41, 5.74) is 23.7. The molecule has 0 nitrogen and oxygen atoms in total. The standard InChI is InChI=1S/C77H58/c1-76(2,3)60-25-18-22-54(44-60)59-46-69(52-35-33-49(34-36-52)55-41-42-63-62-27-15-16-32-71(62)77(4,5)72(63)48-55)73(53-20-7-6-8-21-53)70(47-59)56-23-17-24-57(43-56)74-64-28-11-13-30-66(64)75(67-31-14-12-29-65(67)74)58-40-39-51-38-37-50-19-9-10-26-61(50)68(51)45-58/h6-48H,1-5H3. The first-order chi connectivity index (χ1) is 37.6. The van der Waals surface area contributed by atoms with Crippen LogP contribution in [0.15, 0.2) is 261 Å². The van der Waals surface area contributed by atoms with Gasteiger partial charge in [0.1, 0.15) is 0 Å². The number of benzene rings is 13. The molecule has 0 heteroatoms. The van der Waals surface area contributed by atoms with Gasteiger partial charge in [-0.25, -0.2) is 0 Å². The van der Waals surface area contributed by atoms with Crippen LogP contribution >= 0.6 is 0 Å². The van der Waals surface area contributed by atoms with Gasteiger partial charge in [-0.2, -0.15) is 0 Å². The van der Waals surface area contributed by atoms with E-state index in [-0.39, 0.29) is 10.8 Å². The summed E-state index contributed by atoms with van der Waals surface area (Å²) in [7, 11) is 0. The molecular formula is C77H58. The largest absolute Gasteiger partial charge is 0.0622 e. The molecule has 13 aromatic carbocycles. The lowest BCUT2D eigenvalue weighted by Crippen LogP contribution is -2.14. The molecule has 0 fully saturated rings. The summed E-state index contributed by atoms with van der Waals surface area (Å²) in [6.45, 7) is 11.6. The fourth-order valence-corrected chi connectivity index (χ4v) is 12.8. The molecule has 0 atom stereocenters. The molecular weight excluding hydrogens is 925 g/mol. The van der Waals surface area contributed by atoms with E-state index in [1.807, 2.05) is 0 Å². The second-order valence-corrected chi connectivity index (χ2v) is 22.8. The van der Waals surface area contributed by atoms with E-state index in [0.717, 1.165) is 0 Å². The Morgan fingerprint density at radius 2 is 0.727 bits per heavy atom. The van der Waals surface area contributed by atoms with E-state index in [1.165, 1.54) is 149 Å². The van der Waals surface area contributed by atoms with Crippen molar-refractivity contribution in [2.45, 2.75) is 45.4 Å². The lowest BCUT2D eigenvalue weighted by Gasteiger charge is -2.22. The first kappa shape index (κ1) is 46.4. The molecule has 0 saturated carbocycles. The summed E-state index contributed by atoms with van der Waals surface area (Å²) in [6, 6.07) is 98.1. The minimum Gasteiger partial charge on any atom is -0.0622 e. The predicted molar refractivity (Wildman–Crippen MR) is 331 cm³/mol. The maximum absolute atomic E-state index is 2.45. The van der Waals surface area contributed by atoms with Crippen molar-refractivity contribution in [3.8, 4) is 89.0 Å². The number of fused-ring (bicyclic) bond motifs is 8. The van der Waals surface area contributed by atoms with Crippen LogP contribution in [0.4, 0.5) is 0 Å². The van der Waals surface area contributed by atoms with Crippen LogP contribution < -0.4 is 0 Å². The smallest absolute Gasteiger partial charge is 0.0159 e. The van der Waals surface area contributed by atoms with Crippen molar-refractivity contribution >= 4 is 43.1 Å². The van der Waals surface area contributed by atoms with Crippen LogP contribution in [0, 0.1) is 0 Å². The lowest BCUT2D eigenvalue weighted by atomic mass is 9.81. The topological polar surface area (TPSA) is 0 Å². The normalized spacial score (nSPS) is 12.8. The average Bonchev–Trinajstić information content (AvgIpc) is 3.72. The van der Waals surface area contributed by atoms with Gasteiger partial charge in [-0.05, 0) is 185 Å². The van der Waals surface area contributed by atoms with Crippen LogP contribution in [0.1, 0.15) is 51.3 Å². The Bertz CT molecular complexity index is 4430. The molecule has 13 aromatic rings. The molecule has 1 aliphatic carbocycles. The highest BCUT2D eigenvalue weighted by molar-refractivity contribution is 6.22. The third-order valence-corrected chi connectivity index (χ3v) is 16.8. The molecule has 0 saturated heterocycles.